The highest BCUT2D eigenvalue weighted by atomic mass is 19.1. The van der Waals surface area contributed by atoms with E-state index in [1.807, 2.05) is 36.1 Å². The molecule has 7 fully saturated rings. The molecule has 1 aliphatic heterocycles. The van der Waals surface area contributed by atoms with Gasteiger partial charge in [0, 0.05) is 17.8 Å². The van der Waals surface area contributed by atoms with Crippen LogP contribution in [0.4, 0.5) is 10.1 Å². The largest absolute Gasteiger partial charge is 0.481 e. The number of carbonyl (C=O) groups is 2. The van der Waals surface area contributed by atoms with E-state index in [-0.39, 0.29) is 16.7 Å². The van der Waals surface area contributed by atoms with Gasteiger partial charge < -0.3 is 19.3 Å². The number of carboxylic acid groups (broad SMARTS) is 1. The number of hydrogen-bond acceptors (Lipinski definition) is 6. The molecule has 8 nitrogen and oxygen atoms in total. The van der Waals surface area contributed by atoms with Crippen LogP contribution in [-0.4, -0.2) is 52.6 Å². The molecule has 1 amide bonds. The zero-order valence-electron chi connectivity index (χ0n) is 21.1. The summed E-state index contributed by atoms with van der Waals surface area (Å²) in [6.45, 7) is 3.64. The van der Waals surface area contributed by atoms with Crippen molar-refractivity contribution >= 4 is 17.6 Å². The van der Waals surface area contributed by atoms with Crippen LogP contribution in [-0.2, 0) is 19.7 Å². The molecular weight excluding hydrogens is 477 g/mol. The van der Waals surface area contributed by atoms with Gasteiger partial charge in [0.05, 0.1) is 29.5 Å². The van der Waals surface area contributed by atoms with Gasteiger partial charge in [-0.3, -0.25) is 9.59 Å². The second-order valence-corrected chi connectivity index (χ2v) is 13.0. The molecule has 0 unspecified atom stereocenters. The highest BCUT2D eigenvalue weighted by Crippen LogP contribution is 2.70. The fourth-order valence-electron chi connectivity index (χ4n) is 7.54. The Morgan fingerprint density at radius 3 is 2.30 bits per heavy atom. The first-order valence-electron chi connectivity index (χ1n) is 13.3. The molecule has 6 aliphatic carbocycles. The first kappa shape index (κ1) is 23.3. The predicted octanol–water partition coefficient (Wildman–Crippen LogP) is 4.67. The van der Waals surface area contributed by atoms with E-state index >= 15 is 0 Å². The van der Waals surface area contributed by atoms with Gasteiger partial charge in [-0.05, 0) is 82.3 Å². The molecule has 2 heterocycles. The second kappa shape index (κ2) is 7.40. The number of nitrogens with zero attached hydrogens (tertiary/aromatic N) is 3. The minimum atomic E-state index is -1.17. The van der Waals surface area contributed by atoms with E-state index in [0.717, 1.165) is 30.5 Å². The van der Waals surface area contributed by atoms with E-state index in [2.05, 4.69) is 10.1 Å². The molecular formula is C28H32FN3O5. The zero-order chi connectivity index (χ0) is 25.7. The summed E-state index contributed by atoms with van der Waals surface area (Å²) in [4.78, 5) is 32.4. The summed E-state index contributed by atoms with van der Waals surface area (Å²) < 4.78 is 25.3. The normalized spacial score (nSPS) is 36.7. The number of ether oxygens (including phenoxy) is 1. The predicted molar refractivity (Wildman–Crippen MR) is 131 cm³/mol. The molecule has 2 aromatic rings. The highest BCUT2D eigenvalue weighted by molar-refractivity contribution is 6.00. The molecule has 0 radical (unpaired) electrons. The molecule has 9 heteroatoms. The molecule has 1 aromatic carbocycles. The van der Waals surface area contributed by atoms with Crippen LogP contribution >= 0.6 is 0 Å². The maximum absolute atomic E-state index is 14.4. The maximum atomic E-state index is 14.4. The first-order chi connectivity index (χ1) is 17.6. The number of carbonyl (C=O) groups excluding carboxylic acids is 1. The van der Waals surface area contributed by atoms with E-state index < -0.39 is 22.5 Å². The summed E-state index contributed by atoms with van der Waals surface area (Å²) in [6.07, 6.45) is 5.23. The van der Waals surface area contributed by atoms with Crippen LogP contribution in [0.15, 0.2) is 28.8 Å². The fraction of sp³-hybridized carbons (Fsp3) is 0.643. The van der Waals surface area contributed by atoms with Crippen LogP contribution < -0.4 is 4.90 Å². The van der Waals surface area contributed by atoms with Crippen LogP contribution in [0.1, 0.15) is 70.6 Å². The summed E-state index contributed by atoms with van der Waals surface area (Å²) in [5.74, 6) is 0.308. The van der Waals surface area contributed by atoms with E-state index in [1.54, 1.807) is 0 Å². The van der Waals surface area contributed by atoms with Crippen molar-refractivity contribution in [2.24, 2.45) is 16.2 Å². The SMILES string of the molecule is CC1(c2nc(-c3cccc(N(CC45CCC(C(=O)O)(CC4)CC5)C(=O)C45CC(F)(C4)C5)c3)no2)COC1. The van der Waals surface area contributed by atoms with Crippen LogP contribution in [0.25, 0.3) is 11.4 Å². The van der Waals surface area contributed by atoms with Gasteiger partial charge in [-0.1, -0.05) is 17.3 Å². The number of hydrogen-bond donors (Lipinski definition) is 1. The Morgan fingerprint density at radius 1 is 1.05 bits per heavy atom. The van der Waals surface area contributed by atoms with Crippen LogP contribution in [0, 0.1) is 16.2 Å². The van der Waals surface area contributed by atoms with Crippen molar-refractivity contribution in [1.82, 2.24) is 10.1 Å². The molecule has 1 aromatic heterocycles. The lowest BCUT2D eigenvalue weighted by Gasteiger charge is -2.65. The van der Waals surface area contributed by atoms with Gasteiger partial charge in [-0.15, -0.1) is 0 Å². The number of amides is 1. The van der Waals surface area contributed by atoms with Crippen molar-refractivity contribution < 1.29 is 28.3 Å². The van der Waals surface area contributed by atoms with Crippen LogP contribution in [0.2, 0.25) is 0 Å². The third-order valence-electron chi connectivity index (χ3n) is 10.2. The molecule has 7 aliphatic rings. The first-order valence-corrected chi connectivity index (χ1v) is 13.3. The number of benzene rings is 1. The summed E-state index contributed by atoms with van der Waals surface area (Å²) >= 11 is 0. The number of carboxylic acids is 1. The van der Waals surface area contributed by atoms with Crippen LogP contribution in [0.3, 0.4) is 0 Å². The Morgan fingerprint density at radius 2 is 1.73 bits per heavy atom. The van der Waals surface area contributed by atoms with Gasteiger partial charge in [0.1, 0.15) is 5.67 Å². The molecule has 4 bridgehead atoms. The molecule has 1 N–H and O–H groups in total. The van der Waals surface area contributed by atoms with Gasteiger partial charge in [-0.25, -0.2) is 4.39 Å². The Balaban J connectivity index is 1.19. The number of rotatable bonds is 7. The van der Waals surface area contributed by atoms with E-state index in [9.17, 15) is 19.1 Å². The molecule has 196 valence electrons. The van der Waals surface area contributed by atoms with Gasteiger partial charge in [0.15, 0.2) is 0 Å². The summed E-state index contributed by atoms with van der Waals surface area (Å²) in [6, 6.07) is 7.64. The van der Waals surface area contributed by atoms with Crippen molar-refractivity contribution in [3.05, 3.63) is 30.2 Å². The summed E-state index contributed by atoms with van der Waals surface area (Å²) in [5.41, 5.74) is -1.26. The van der Waals surface area contributed by atoms with Crippen molar-refractivity contribution in [3.63, 3.8) is 0 Å². The lowest BCUT2D eigenvalue weighted by molar-refractivity contribution is -0.211. The topological polar surface area (TPSA) is 106 Å². The van der Waals surface area contributed by atoms with Gasteiger partial charge in [0.25, 0.3) is 0 Å². The van der Waals surface area contributed by atoms with Gasteiger partial charge in [-0.2, -0.15) is 4.98 Å². The van der Waals surface area contributed by atoms with Crippen molar-refractivity contribution in [3.8, 4) is 11.4 Å². The second-order valence-electron chi connectivity index (χ2n) is 13.0. The number of alkyl halides is 1. The molecule has 6 saturated carbocycles. The molecule has 0 spiro atoms. The molecule has 37 heavy (non-hydrogen) atoms. The monoisotopic (exact) mass is 509 g/mol. The molecule has 0 atom stereocenters. The molecule has 1 saturated heterocycles. The zero-order valence-corrected chi connectivity index (χ0v) is 21.1. The average molecular weight is 510 g/mol. The van der Waals surface area contributed by atoms with Crippen molar-refractivity contribution in [2.75, 3.05) is 24.7 Å². The maximum Gasteiger partial charge on any atom is 0.309 e. The number of fused-ring (bicyclic) bond motifs is 3. The third kappa shape index (κ3) is 3.35. The summed E-state index contributed by atoms with van der Waals surface area (Å²) in [5, 5.41) is 14.0. The van der Waals surface area contributed by atoms with Gasteiger partial charge in [0.2, 0.25) is 17.6 Å². The van der Waals surface area contributed by atoms with Crippen LogP contribution in [0.5, 0.6) is 0 Å². The highest BCUT2D eigenvalue weighted by Gasteiger charge is 2.73. The standard InChI is InChI=1S/C28H32FN3O5/c1-24(16-36-17-24)21-30-20(31-37-21)18-3-2-4-19(11-18)32(22(33)27-12-28(29,13-27)14-27)15-25-5-8-26(9-6-25,10-7-25)23(34)35/h2-4,11H,5-10,12-17H2,1H3,(H,34,35). The van der Waals surface area contributed by atoms with E-state index in [0.29, 0.717) is 70.0 Å². The lowest BCUT2D eigenvalue weighted by Crippen LogP contribution is -2.71. The Bertz CT molecular complexity index is 1260. The van der Waals surface area contributed by atoms with Gasteiger partial charge >= 0.3 is 5.97 Å². The fourth-order valence-corrected chi connectivity index (χ4v) is 7.54. The van der Waals surface area contributed by atoms with E-state index in [1.165, 1.54) is 0 Å². The number of anilines is 1. The Kier molecular flexibility index (Phi) is 4.66. The minimum absolute atomic E-state index is 0.00729. The smallest absolute Gasteiger partial charge is 0.309 e. The third-order valence-corrected chi connectivity index (χ3v) is 10.2. The lowest BCUT2D eigenvalue weighted by atomic mass is 9.41. The van der Waals surface area contributed by atoms with E-state index in [4.69, 9.17) is 9.26 Å². The Labute approximate surface area is 214 Å². The number of halogens is 1. The number of aliphatic carboxylic acids is 1. The molecule has 9 rings (SSSR count). The quantitative estimate of drug-likeness (QED) is 0.578. The Hall–Kier alpha value is -2.81. The average Bonchev–Trinajstić information content (AvgIpc) is 3.35. The van der Waals surface area contributed by atoms with Crippen molar-refractivity contribution in [2.45, 2.75) is 75.8 Å². The number of aromatic nitrogens is 2. The van der Waals surface area contributed by atoms with Crippen molar-refractivity contribution in [1.29, 1.82) is 0 Å². The summed E-state index contributed by atoms with van der Waals surface area (Å²) in [7, 11) is 0. The minimum Gasteiger partial charge on any atom is -0.481 e.